The quantitative estimate of drug-likeness (QED) is 0.410. The molecule has 0 fully saturated rings. The van der Waals surface area contributed by atoms with Crippen LogP contribution in [0.25, 0.3) is 0 Å². The van der Waals surface area contributed by atoms with Gasteiger partial charge < -0.3 is 0 Å². The van der Waals surface area contributed by atoms with E-state index < -0.39 is 8.07 Å². The highest BCUT2D eigenvalue weighted by atomic mass is 127. The topological polar surface area (TPSA) is 0 Å². The van der Waals surface area contributed by atoms with Crippen molar-refractivity contribution in [3.63, 3.8) is 0 Å². The summed E-state index contributed by atoms with van der Waals surface area (Å²) in [6, 6.07) is 1.40. The lowest BCUT2D eigenvalue weighted by molar-refractivity contribution is 1.09. The van der Waals surface area contributed by atoms with E-state index in [1.165, 1.54) is 16.9 Å². The molecule has 0 aliphatic carbocycles. The van der Waals surface area contributed by atoms with Gasteiger partial charge in [-0.2, -0.15) is 0 Å². The molecule has 0 bridgehead atoms. The maximum absolute atomic E-state index is 3.84. The SMILES string of the molecule is C=C[Si](C)(C)CCCI. The standard InChI is InChI=1S/C7H15ISi/c1-4-9(2,3)7-5-6-8/h4H,1,5-7H2,2-3H3. The second-order valence-corrected chi connectivity index (χ2v) is 8.95. The van der Waals surface area contributed by atoms with E-state index in [-0.39, 0.29) is 0 Å². The molecule has 0 saturated heterocycles. The first-order chi connectivity index (χ1) is 4.12. The van der Waals surface area contributed by atoms with E-state index in [4.69, 9.17) is 0 Å². The highest BCUT2D eigenvalue weighted by Gasteiger charge is 2.13. The predicted octanol–water partition coefficient (Wildman–Crippen LogP) is 3.25. The van der Waals surface area contributed by atoms with E-state index in [1.54, 1.807) is 0 Å². The summed E-state index contributed by atoms with van der Waals surface area (Å²) in [5.74, 6) is 0. The van der Waals surface area contributed by atoms with Crippen LogP contribution in [-0.4, -0.2) is 12.5 Å². The zero-order valence-corrected chi connectivity index (χ0v) is 9.44. The first kappa shape index (κ1) is 9.69. The molecule has 0 heterocycles. The Kier molecular flexibility index (Phi) is 4.84. The van der Waals surface area contributed by atoms with Gasteiger partial charge in [-0.3, -0.25) is 0 Å². The van der Waals surface area contributed by atoms with Crippen LogP contribution in [0.4, 0.5) is 0 Å². The van der Waals surface area contributed by atoms with E-state index in [9.17, 15) is 0 Å². The van der Waals surface area contributed by atoms with Crippen LogP contribution in [0.15, 0.2) is 12.3 Å². The van der Waals surface area contributed by atoms with Crippen LogP contribution in [0, 0.1) is 0 Å². The summed E-state index contributed by atoms with van der Waals surface area (Å²) in [4.78, 5) is 0. The van der Waals surface area contributed by atoms with Crippen molar-refractivity contribution in [3.8, 4) is 0 Å². The fourth-order valence-corrected chi connectivity index (χ4v) is 3.02. The lowest BCUT2D eigenvalue weighted by atomic mass is 10.6. The average molecular weight is 254 g/mol. The lowest BCUT2D eigenvalue weighted by Gasteiger charge is -2.15. The zero-order chi connectivity index (χ0) is 7.33. The number of alkyl halides is 1. The van der Waals surface area contributed by atoms with Gasteiger partial charge >= 0.3 is 0 Å². The number of rotatable bonds is 4. The first-order valence-electron chi connectivity index (χ1n) is 3.32. The molecule has 0 aliphatic heterocycles. The van der Waals surface area contributed by atoms with Gasteiger partial charge in [0.25, 0.3) is 0 Å². The Morgan fingerprint density at radius 2 is 2.11 bits per heavy atom. The molecule has 0 aliphatic rings. The van der Waals surface area contributed by atoms with Crippen LogP contribution in [0.1, 0.15) is 6.42 Å². The van der Waals surface area contributed by atoms with Crippen molar-refractivity contribution < 1.29 is 0 Å². The van der Waals surface area contributed by atoms with Gasteiger partial charge in [-0.15, -0.1) is 12.3 Å². The van der Waals surface area contributed by atoms with Crippen molar-refractivity contribution in [1.82, 2.24) is 0 Å². The summed E-state index contributed by atoms with van der Waals surface area (Å²) in [5, 5.41) is 0. The zero-order valence-electron chi connectivity index (χ0n) is 6.28. The van der Waals surface area contributed by atoms with Gasteiger partial charge in [0.15, 0.2) is 0 Å². The summed E-state index contributed by atoms with van der Waals surface area (Å²) in [7, 11) is -0.939. The van der Waals surface area contributed by atoms with Gasteiger partial charge in [-0.25, -0.2) is 0 Å². The minimum Gasteiger partial charge on any atom is -0.107 e. The Labute approximate surface area is 72.9 Å². The fraction of sp³-hybridized carbons (Fsp3) is 0.714. The molecule has 0 saturated carbocycles. The van der Waals surface area contributed by atoms with Crippen molar-refractivity contribution in [2.75, 3.05) is 4.43 Å². The monoisotopic (exact) mass is 254 g/mol. The lowest BCUT2D eigenvalue weighted by Crippen LogP contribution is -2.21. The fourth-order valence-electron chi connectivity index (χ4n) is 0.624. The normalized spacial score (nSPS) is 11.4. The maximum atomic E-state index is 3.84. The summed E-state index contributed by atoms with van der Waals surface area (Å²) < 4.78 is 1.29. The third-order valence-corrected chi connectivity index (χ3v) is 5.02. The Morgan fingerprint density at radius 1 is 1.56 bits per heavy atom. The van der Waals surface area contributed by atoms with Gasteiger partial charge in [0.05, 0.1) is 8.07 Å². The Morgan fingerprint density at radius 3 is 2.44 bits per heavy atom. The smallest absolute Gasteiger partial charge is 0.0710 e. The molecular formula is C7H15ISi. The molecule has 0 nitrogen and oxygen atoms in total. The summed E-state index contributed by atoms with van der Waals surface area (Å²) >= 11 is 2.43. The maximum Gasteiger partial charge on any atom is 0.0710 e. The van der Waals surface area contributed by atoms with Crippen LogP contribution >= 0.6 is 22.6 Å². The molecule has 0 spiro atoms. The molecule has 0 unspecified atom stereocenters. The van der Waals surface area contributed by atoms with Gasteiger partial charge in [0, 0.05) is 0 Å². The molecule has 2 heteroatoms. The molecule has 0 rings (SSSR count). The molecule has 0 atom stereocenters. The molecule has 0 aromatic heterocycles. The highest BCUT2D eigenvalue weighted by Crippen LogP contribution is 2.13. The van der Waals surface area contributed by atoms with Crippen LogP contribution in [0.3, 0.4) is 0 Å². The Bertz CT molecular complexity index is 88.9. The van der Waals surface area contributed by atoms with E-state index >= 15 is 0 Å². The van der Waals surface area contributed by atoms with E-state index in [1.807, 2.05) is 0 Å². The van der Waals surface area contributed by atoms with Gasteiger partial charge in [0.1, 0.15) is 0 Å². The third-order valence-electron chi connectivity index (χ3n) is 1.51. The molecule has 54 valence electrons. The van der Waals surface area contributed by atoms with E-state index in [0.717, 1.165) is 0 Å². The molecule has 9 heavy (non-hydrogen) atoms. The number of hydrogen-bond donors (Lipinski definition) is 0. The molecular weight excluding hydrogens is 239 g/mol. The van der Waals surface area contributed by atoms with Gasteiger partial charge in [-0.05, 0) is 10.8 Å². The number of halogens is 1. The predicted molar refractivity (Wildman–Crippen MR) is 56.0 cm³/mol. The first-order valence-corrected chi connectivity index (χ1v) is 8.13. The second-order valence-electron chi connectivity index (χ2n) is 2.99. The summed E-state index contributed by atoms with van der Waals surface area (Å²) in [6.07, 6.45) is 1.37. The van der Waals surface area contributed by atoms with Crippen LogP contribution in [-0.2, 0) is 0 Å². The van der Waals surface area contributed by atoms with Crippen molar-refractivity contribution in [3.05, 3.63) is 12.3 Å². The number of hydrogen-bond acceptors (Lipinski definition) is 0. The molecule has 0 aromatic carbocycles. The van der Waals surface area contributed by atoms with Crippen LogP contribution < -0.4 is 0 Å². The Hall–Kier alpha value is 0.687. The molecule has 0 radical (unpaired) electrons. The third kappa shape index (κ3) is 5.15. The average Bonchev–Trinajstić information content (AvgIpc) is 1.84. The molecule has 0 N–H and O–H groups in total. The van der Waals surface area contributed by atoms with Crippen LogP contribution in [0.5, 0.6) is 0 Å². The van der Waals surface area contributed by atoms with Crippen LogP contribution in [0.2, 0.25) is 19.1 Å². The minimum atomic E-state index is -0.939. The summed E-state index contributed by atoms with van der Waals surface area (Å²) in [5.41, 5.74) is 2.18. The van der Waals surface area contributed by atoms with Gasteiger partial charge in [-0.1, -0.05) is 41.7 Å². The van der Waals surface area contributed by atoms with Crippen molar-refractivity contribution in [2.45, 2.75) is 25.6 Å². The van der Waals surface area contributed by atoms with Crippen molar-refractivity contribution >= 4 is 30.7 Å². The second kappa shape index (κ2) is 4.49. The van der Waals surface area contributed by atoms with Crippen molar-refractivity contribution in [1.29, 1.82) is 0 Å². The Balaban J connectivity index is 3.45. The summed E-state index contributed by atoms with van der Waals surface area (Å²) in [6.45, 7) is 8.58. The largest absolute Gasteiger partial charge is 0.107 e. The molecule has 0 aromatic rings. The highest BCUT2D eigenvalue weighted by molar-refractivity contribution is 14.1. The van der Waals surface area contributed by atoms with Crippen molar-refractivity contribution in [2.24, 2.45) is 0 Å². The van der Waals surface area contributed by atoms with Gasteiger partial charge in [0.2, 0.25) is 0 Å². The van der Waals surface area contributed by atoms with E-state index in [0.29, 0.717) is 0 Å². The molecule has 0 amide bonds. The minimum absolute atomic E-state index is 0.939. The van der Waals surface area contributed by atoms with E-state index in [2.05, 4.69) is 48.0 Å².